The summed E-state index contributed by atoms with van der Waals surface area (Å²) in [6.45, 7) is 2.01. The molecule has 0 fully saturated rings. The Hall–Kier alpha value is -3.47. The molecule has 0 aliphatic rings. The van der Waals surface area contributed by atoms with E-state index in [4.69, 9.17) is 4.74 Å². The largest absolute Gasteiger partial charge is 0.437 e. The molecule has 0 aliphatic carbocycles. The molecular weight excluding hydrogens is 314 g/mol. The standard InChI is InChI=1S/C20H17N3O2/c1-15-4-2-5-16(12-15)8-9-19(24)23-17-6-3-7-18(13-17)25-20-14-21-10-11-22-20/h2-14H,1H3,(H,23,24)/b9-8+. The Morgan fingerprint density at radius 2 is 2.00 bits per heavy atom. The Balaban J connectivity index is 1.64. The third-order valence-corrected chi connectivity index (χ3v) is 3.33. The summed E-state index contributed by atoms with van der Waals surface area (Å²) in [5, 5.41) is 2.81. The van der Waals surface area contributed by atoms with Gasteiger partial charge < -0.3 is 10.1 Å². The van der Waals surface area contributed by atoms with Crippen molar-refractivity contribution in [3.8, 4) is 11.6 Å². The lowest BCUT2D eigenvalue weighted by atomic mass is 10.1. The van der Waals surface area contributed by atoms with E-state index < -0.39 is 0 Å². The van der Waals surface area contributed by atoms with Crippen LogP contribution in [-0.4, -0.2) is 15.9 Å². The summed E-state index contributed by atoms with van der Waals surface area (Å²) in [6.07, 6.45) is 7.93. The van der Waals surface area contributed by atoms with Crippen LogP contribution in [0.25, 0.3) is 6.08 Å². The van der Waals surface area contributed by atoms with Crippen molar-refractivity contribution in [3.05, 3.63) is 84.3 Å². The Morgan fingerprint density at radius 3 is 2.80 bits per heavy atom. The van der Waals surface area contributed by atoms with E-state index in [0.29, 0.717) is 17.3 Å². The summed E-state index contributed by atoms with van der Waals surface area (Å²) in [4.78, 5) is 20.1. The van der Waals surface area contributed by atoms with Crippen LogP contribution in [0.4, 0.5) is 5.69 Å². The highest BCUT2D eigenvalue weighted by Crippen LogP contribution is 2.22. The fourth-order valence-corrected chi connectivity index (χ4v) is 2.23. The molecule has 0 unspecified atom stereocenters. The maximum atomic E-state index is 12.1. The fraction of sp³-hybridized carbons (Fsp3) is 0.0500. The molecule has 1 N–H and O–H groups in total. The van der Waals surface area contributed by atoms with E-state index in [0.717, 1.165) is 11.1 Å². The highest BCUT2D eigenvalue weighted by atomic mass is 16.5. The predicted octanol–water partition coefficient (Wildman–Crippen LogP) is 4.23. The molecular formula is C20H17N3O2. The Bertz CT molecular complexity index is 892. The van der Waals surface area contributed by atoms with Gasteiger partial charge in [0.15, 0.2) is 0 Å². The molecule has 0 aliphatic heterocycles. The molecule has 0 spiro atoms. The van der Waals surface area contributed by atoms with Crippen LogP contribution in [0.3, 0.4) is 0 Å². The van der Waals surface area contributed by atoms with Gasteiger partial charge >= 0.3 is 0 Å². The third-order valence-electron chi connectivity index (χ3n) is 3.33. The summed E-state index contributed by atoms with van der Waals surface area (Å²) in [7, 11) is 0. The lowest BCUT2D eigenvalue weighted by Gasteiger charge is -2.07. The van der Waals surface area contributed by atoms with Gasteiger partial charge in [-0.2, -0.15) is 0 Å². The topological polar surface area (TPSA) is 64.1 Å². The van der Waals surface area contributed by atoms with E-state index in [1.54, 1.807) is 42.7 Å². The maximum Gasteiger partial charge on any atom is 0.248 e. The second-order valence-electron chi connectivity index (χ2n) is 5.41. The molecule has 5 nitrogen and oxygen atoms in total. The summed E-state index contributed by atoms with van der Waals surface area (Å²) in [5.74, 6) is 0.754. The summed E-state index contributed by atoms with van der Waals surface area (Å²) >= 11 is 0. The van der Waals surface area contributed by atoms with Gasteiger partial charge in [0.2, 0.25) is 11.8 Å². The first kappa shape index (κ1) is 16.4. The second-order valence-corrected chi connectivity index (χ2v) is 5.41. The highest BCUT2D eigenvalue weighted by molar-refractivity contribution is 6.02. The van der Waals surface area contributed by atoms with Gasteiger partial charge in [0.1, 0.15) is 5.75 Å². The number of rotatable bonds is 5. The minimum Gasteiger partial charge on any atom is -0.437 e. The SMILES string of the molecule is Cc1cccc(/C=C/C(=O)Nc2cccc(Oc3cnccn3)c2)c1. The van der Waals surface area contributed by atoms with E-state index in [-0.39, 0.29) is 5.91 Å². The first-order valence-electron chi connectivity index (χ1n) is 7.79. The molecule has 0 radical (unpaired) electrons. The molecule has 1 aromatic heterocycles. The fourth-order valence-electron chi connectivity index (χ4n) is 2.23. The van der Waals surface area contributed by atoms with Crippen LogP contribution in [0.5, 0.6) is 11.6 Å². The number of hydrogen-bond acceptors (Lipinski definition) is 4. The summed E-state index contributed by atoms with van der Waals surface area (Å²) < 4.78 is 5.60. The molecule has 3 rings (SSSR count). The molecule has 0 saturated carbocycles. The summed E-state index contributed by atoms with van der Waals surface area (Å²) in [5.41, 5.74) is 2.77. The number of nitrogens with one attached hydrogen (secondary N) is 1. The van der Waals surface area contributed by atoms with E-state index in [1.165, 1.54) is 12.3 Å². The van der Waals surface area contributed by atoms with Crippen LogP contribution in [0, 0.1) is 6.92 Å². The number of nitrogens with zero attached hydrogens (tertiary/aromatic N) is 2. The van der Waals surface area contributed by atoms with E-state index in [2.05, 4.69) is 15.3 Å². The molecule has 2 aromatic carbocycles. The number of anilines is 1. The van der Waals surface area contributed by atoms with Gasteiger partial charge in [-0.25, -0.2) is 4.98 Å². The molecule has 25 heavy (non-hydrogen) atoms. The van der Waals surface area contributed by atoms with E-state index >= 15 is 0 Å². The van der Waals surface area contributed by atoms with Gasteiger partial charge in [0.25, 0.3) is 0 Å². The minimum atomic E-state index is -0.210. The van der Waals surface area contributed by atoms with Crippen LogP contribution < -0.4 is 10.1 Å². The zero-order valence-corrected chi connectivity index (χ0v) is 13.7. The van der Waals surface area contributed by atoms with Crippen molar-refractivity contribution in [2.24, 2.45) is 0 Å². The molecule has 1 amide bonds. The van der Waals surface area contributed by atoms with Crippen molar-refractivity contribution in [1.29, 1.82) is 0 Å². The zero-order chi connectivity index (χ0) is 17.5. The van der Waals surface area contributed by atoms with Crippen LogP contribution >= 0.6 is 0 Å². The minimum absolute atomic E-state index is 0.210. The molecule has 0 atom stereocenters. The van der Waals surface area contributed by atoms with Crippen LogP contribution in [-0.2, 0) is 4.79 Å². The van der Waals surface area contributed by atoms with Crippen molar-refractivity contribution in [2.45, 2.75) is 6.92 Å². The maximum absolute atomic E-state index is 12.1. The van der Waals surface area contributed by atoms with Crippen molar-refractivity contribution in [3.63, 3.8) is 0 Å². The first-order valence-corrected chi connectivity index (χ1v) is 7.79. The predicted molar refractivity (Wildman–Crippen MR) is 97.4 cm³/mol. The van der Waals surface area contributed by atoms with Crippen molar-refractivity contribution in [1.82, 2.24) is 9.97 Å². The lowest BCUT2D eigenvalue weighted by Crippen LogP contribution is -2.07. The van der Waals surface area contributed by atoms with Crippen LogP contribution in [0.15, 0.2) is 73.2 Å². The molecule has 3 aromatic rings. The molecule has 5 heteroatoms. The Labute approximate surface area is 146 Å². The van der Waals surface area contributed by atoms with E-state index in [1.807, 2.05) is 31.2 Å². The number of carbonyl (C=O) groups is 1. The van der Waals surface area contributed by atoms with Gasteiger partial charge in [0, 0.05) is 30.2 Å². The molecule has 124 valence electrons. The lowest BCUT2D eigenvalue weighted by molar-refractivity contribution is -0.111. The first-order chi connectivity index (χ1) is 12.2. The average Bonchev–Trinajstić information content (AvgIpc) is 2.61. The van der Waals surface area contributed by atoms with Crippen LogP contribution in [0.1, 0.15) is 11.1 Å². The van der Waals surface area contributed by atoms with Crippen LogP contribution in [0.2, 0.25) is 0 Å². The smallest absolute Gasteiger partial charge is 0.248 e. The number of amides is 1. The molecule has 0 bridgehead atoms. The van der Waals surface area contributed by atoms with Gasteiger partial charge in [-0.05, 0) is 30.7 Å². The second kappa shape index (κ2) is 7.88. The Kier molecular flexibility index (Phi) is 5.16. The number of aryl methyl sites for hydroxylation is 1. The molecule has 1 heterocycles. The van der Waals surface area contributed by atoms with E-state index in [9.17, 15) is 4.79 Å². The number of aromatic nitrogens is 2. The number of ether oxygens (including phenoxy) is 1. The number of benzene rings is 2. The number of hydrogen-bond donors (Lipinski definition) is 1. The van der Waals surface area contributed by atoms with Gasteiger partial charge in [-0.15, -0.1) is 0 Å². The highest BCUT2D eigenvalue weighted by Gasteiger charge is 2.02. The summed E-state index contributed by atoms with van der Waals surface area (Å²) in [6, 6.07) is 15.0. The average molecular weight is 331 g/mol. The normalized spacial score (nSPS) is 10.6. The van der Waals surface area contributed by atoms with Crippen molar-refractivity contribution in [2.75, 3.05) is 5.32 Å². The Morgan fingerprint density at radius 1 is 1.12 bits per heavy atom. The van der Waals surface area contributed by atoms with Crippen molar-refractivity contribution < 1.29 is 9.53 Å². The number of carbonyl (C=O) groups excluding carboxylic acids is 1. The molecule has 0 saturated heterocycles. The van der Waals surface area contributed by atoms with Gasteiger partial charge in [0.05, 0.1) is 6.20 Å². The monoisotopic (exact) mass is 331 g/mol. The third kappa shape index (κ3) is 5.00. The van der Waals surface area contributed by atoms with Gasteiger partial charge in [-0.1, -0.05) is 35.9 Å². The zero-order valence-electron chi connectivity index (χ0n) is 13.7. The van der Waals surface area contributed by atoms with Crippen molar-refractivity contribution >= 4 is 17.7 Å². The quantitative estimate of drug-likeness (QED) is 0.711. The van der Waals surface area contributed by atoms with Gasteiger partial charge in [-0.3, -0.25) is 9.78 Å².